The summed E-state index contributed by atoms with van der Waals surface area (Å²) >= 11 is 0. The molecule has 0 aromatic heterocycles. The zero-order valence-corrected chi connectivity index (χ0v) is 11.9. The zero-order chi connectivity index (χ0) is 14.2. The van der Waals surface area contributed by atoms with E-state index in [4.69, 9.17) is 9.84 Å². The van der Waals surface area contributed by atoms with Gasteiger partial charge in [-0.2, -0.15) is 0 Å². The van der Waals surface area contributed by atoms with E-state index in [2.05, 4.69) is 0 Å². The Balaban J connectivity index is 1.91. The second-order valence-corrected chi connectivity index (χ2v) is 6.39. The van der Waals surface area contributed by atoms with Gasteiger partial charge < -0.3 is 14.7 Å². The quantitative estimate of drug-likeness (QED) is 0.833. The van der Waals surface area contributed by atoms with E-state index < -0.39 is 17.3 Å². The van der Waals surface area contributed by atoms with E-state index in [-0.39, 0.29) is 11.8 Å². The lowest BCUT2D eigenvalue weighted by Gasteiger charge is -2.27. The normalized spacial score (nSPS) is 29.8. The Kier molecular flexibility index (Phi) is 3.85. The maximum absolute atomic E-state index is 12.3. The summed E-state index contributed by atoms with van der Waals surface area (Å²) in [5, 5.41) is 9.12. The molecule has 5 nitrogen and oxygen atoms in total. The number of carboxylic acid groups (broad SMARTS) is 1. The molecule has 1 heterocycles. The molecule has 1 saturated heterocycles. The van der Waals surface area contributed by atoms with Crippen LogP contribution in [0.3, 0.4) is 0 Å². The van der Waals surface area contributed by atoms with Crippen LogP contribution < -0.4 is 0 Å². The Labute approximate surface area is 113 Å². The van der Waals surface area contributed by atoms with Crippen molar-refractivity contribution < 1.29 is 19.4 Å². The molecule has 5 heteroatoms. The van der Waals surface area contributed by atoms with Crippen molar-refractivity contribution in [2.45, 2.75) is 26.7 Å². The molecular weight excluding hydrogens is 246 g/mol. The fraction of sp³-hybridized carbons (Fsp3) is 0.857. The van der Waals surface area contributed by atoms with Crippen LogP contribution in [0, 0.1) is 23.2 Å². The van der Waals surface area contributed by atoms with Gasteiger partial charge in [-0.15, -0.1) is 0 Å². The second-order valence-electron chi connectivity index (χ2n) is 6.39. The van der Waals surface area contributed by atoms with Crippen LogP contribution in [0.15, 0.2) is 0 Å². The van der Waals surface area contributed by atoms with Crippen LogP contribution >= 0.6 is 0 Å². The van der Waals surface area contributed by atoms with Crippen LogP contribution in [0.5, 0.6) is 0 Å². The number of aliphatic carboxylic acids is 1. The molecule has 1 saturated carbocycles. The highest BCUT2D eigenvalue weighted by Crippen LogP contribution is 2.58. The van der Waals surface area contributed by atoms with Crippen molar-refractivity contribution in [2.24, 2.45) is 23.2 Å². The van der Waals surface area contributed by atoms with Crippen molar-refractivity contribution in [3.05, 3.63) is 0 Å². The van der Waals surface area contributed by atoms with Gasteiger partial charge in [0.1, 0.15) is 0 Å². The summed E-state index contributed by atoms with van der Waals surface area (Å²) in [5.41, 5.74) is -0.410. The lowest BCUT2D eigenvalue weighted by Crippen LogP contribution is -2.36. The van der Waals surface area contributed by atoms with E-state index in [1.807, 2.05) is 13.8 Å². The van der Waals surface area contributed by atoms with Gasteiger partial charge in [-0.05, 0) is 24.2 Å². The first kappa shape index (κ1) is 14.3. The highest BCUT2D eigenvalue weighted by Gasteiger charge is 2.66. The SMILES string of the molecule is CN(CC1CCOCC1)C(=O)C1C(C(=O)O)C1(C)C. The standard InChI is InChI=1S/C14H23NO4/c1-14(2)10(11(14)13(17)18)12(16)15(3)8-9-4-6-19-7-5-9/h9-11H,4-8H2,1-3H3,(H,17,18). The molecule has 0 aromatic carbocycles. The van der Waals surface area contributed by atoms with E-state index in [9.17, 15) is 9.59 Å². The van der Waals surface area contributed by atoms with Gasteiger partial charge in [-0.3, -0.25) is 9.59 Å². The predicted octanol–water partition coefficient (Wildman–Crippen LogP) is 1.23. The number of nitrogens with zero attached hydrogens (tertiary/aromatic N) is 1. The molecule has 0 radical (unpaired) electrons. The zero-order valence-electron chi connectivity index (χ0n) is 11.9. The summed E-state index contributed by atoms with van der Waals surface area (Å²) in [6.45, 7) is 5.95. The molecule has 1 amide bonds. The Hall–Kier alpha value is -1.10. The smallest absolute Gasteiger partial charge is 0.307 e. The Morgan fingerprint density at radius 3 is 2.32 bits per heavy atom. The van der Waals surface area contributed by atoms with Crippen LogP contribution in [0.2, 0.25) is 0 Å². The molecule has 0 spiro atoms. The minimum absolute atomic E-state index is 0.0242. The summed E-state index contributed by atoms with van der Waals surface area (Å²) in [6.07, 6.45) is 1.96. The first-order valence-corrected chi connectivity index (χ1v) is 6.91. The molecule has 1 N–H and O–H groups in total. The lowest BCUT2D eigenvalue weighted by atomic mass is 9.99. The molecule has 19 heavy (non-hydrogen) atoms. The number of carboxylic acids is 1. The number of carbonyl (C=O) groups excluding carboxylic acids is 1. The topological polar surface area (TPSA) is 66.8 Å². The Morgan fingerprint density at radius 2 is 1.84 bits per heavy atom. The van der Waals surface area contributed by atoms with Crippen LogP contribution in [0.25, 0.3) is 0 Å². The first-order valence-electron chi connectivity index (χ1n) is 6.91. The summed E-state index contributed by atoms with van der Waals surface area (Å²) in [7, 11) is 1.78. The average Bonchev–Trinajstić information content (AvgIpc) is 2.92. The minimum atomic E-state index is -0.859. The summed E-state index contributed by atoms with van der Waals surface area (Å²) in [4.78, 5) is 25.2. The van der Waals surface area contributed by atoms with Crippen LogP contribution in [-0.4, -0.2) is 48.7 Å². The number of carbonyl (C=O) groups is 2. The van der Waals surface area contributed by atoms with Gasteiger partial charge in [0.05, 0.1) is 11.8 Å². The molecule has 2 atom stereocenters. The van der Waals surface area contributed by atoms with E-state index >= 15 is 0 Å². The van der Waals surface area contributed by atoms with E-state index in [0.29, 0.717) is 12.5 Å². The molecule has 0 aromatic rings. The van der Waals surface area contributed by atoms with Gasteiger partial charge in [0.25, 0.3) is 0 Å². The average molecular weight is 269 g/mol. The molecule has 2 fully saturated rings. The number of hydrogen-bond acceptors (Lipinski definition) is 3. The van der Waals surface area contributed by atoms with E-state index in [1.54, 1.807) is 11.9 Å². The largest absolute Gasteiger partial charge is 0.481 e. The van der Waals surface area contributed by atoms with Crippen LogP contribution in [0.4, 0.5) is 0 Å². The molecule has 0 bridgehead atoms. The van der Waals surface area contributed by atoms with E-state index in [1.165, 1.54) is 0 Å². The van der Waals surface area contributed by atoms with Gasteiger partial charge >= 0.3 is 5.97 Å². The molecule has 108 valence electrons. The molecule has 2 aliphatic rings. The van der Waals surface area contributed by atoms with E-state index in [0.717, 1.165) is 26.1 Å². The summed E-state index contributed by atoms with van der Waals surface area (Å²) in [6, 6.07) is 0. The fourth-order valence-corrected chi connectivity index (χ4v) is 3.20. The van der Waals surface area contributed by atoms with Crippen molar-refractivity contribution in [1.82, 2.24) is 4.90 Å². The van der Waals surface area contributed by atoms with Gasteiger partial charge in [0.2, 0.25) is 5.91 Å². The molecule has 2 rings (SSSR count). The molecule has 1 aliphatic heterocycles. The third kappa shape index (κ3) is 2.76. The molecule has 1 aliphatic carbocycles. The third-order valence-electron chi connectivity index (χ3n) is 4.61. The van der Waals surface area contributed by atoms with Crippen LogP contribution in [0.1, 0.15) is 26.7 Å². The highest BCUT2D eigenvalue weighted by molar-refractivity contribution is 5.91. The molecular formula is C14H23NO4. The van der Waals surface area contributed by atoms with Crippen molar-refractivity contribution >= 4 is 11.9 Å². The lowest BCUT2D eigenvalue weighted by molar-refractivity contribution is -0.142. The van der Waals surface area contributed by atoms with Gasteiger partial charge in [0.15, 0.2) is 0 Å². The van der Waals surface area contributed by atoms with Crippen LogP contribution in [-0.2, 0) is 14.3 Å². The van der Waals surface area contributed by atoms with Crippen molar-refractivity contribution in [3.63, 3.8) is 0 Å². The van der Waals surface area contributed by atoms with Crippen molar-refractivity contribution in [3.8, 4) is 0 Å². The maximum Gasteiger partial charge on any atom is 0.307 e. The maximum atomic E-state index is 12.3. The molecule has 2 unspecified atom stereocenters. The number of rotatable bonds is 4. The van der Waals surface area contributed by atoms with Crippen molar-refractivity contribution in [1.29, 1.82) is 0 Å². The fourth-order valence-electron chi connectivity index (χ4n) is 3.20. The number of ether oxygens (including phenoxy) is 1. The first-order chi connectivity index (χ1) is 8.85. The third-order valence-corrected chi connectivity index (χ3v) is 4.61. The van der Waals surface area contributed by atoms with Gasteiger partial charge in [-0.25, -0.2) is 0 Å². The number of hydrogen-bond donors (Lipinski definition) is 1. The van der Waals surface area contributed by atoms with Gasteiger partial charge in [-0.1, -0.05) is 13.8 Å². The summed E-state index contributed by atoms with van der Waals surface area (Å²) < 4.78 is 5.30. The second kappa shape index (κ2) is 5.12. The monoisotopic (exact) mass is 269 g/mol. The Bertz CT molecular complexity index is 374. The highest BCUT2D eigenvalue weighted by atomic mass is 16.5. The minimum Gasteiger partial charge on any atom is -0.481 e. The summed E-state index contributed by atoms with van der Waals surface area (Å²) in [5.74, 6) is -1.30. The Morgan fingerprint density at radius 1 is 1.26 bits per heavy atom. The number of amides is 1. The van der Waals surface area contributed by atoms with Crippen molar-refractivity contribution in [2.75, 3.05) is 26.8 Å². The van der Waals surface area contributed by atoms with Gasteiger partial charge in [0, 0.05) is 26.8 Å². The predicted molar refractivity (Wildman–Crippen MR) is 69.6 cm³/mol.